The first kappa shape index (κ1) is 13.0. The van der Waals surface area contributed by atoms with E-state index < -0.39 is 12.0 Å². The van der Waals surface area contributed by atoms with Gasteiger partial charge < -0.3 is 10.4 Å². The summed E-state index contributed by atoms with van der Waals surface area (Å²) in [7, 11) is 0. The summed E-state index contributed by atoms with van der Waals surface area (Å²) in [6.45, 7) is 3.97. The van der Waals surface area contributed by atoms with E-state index in [1.165, 1.54) is 17.3 Å². The van der Waals surface area contributed by atoms with Crippen LogP contribution in [0.25, 0.3) is 0 Å². The lowest BCUT2D eigenvalue weighted by Crippen LogP contribution is -2.37. The summed E-state index contributed by atoms with van der Waals surface area (Å²) in [5.74, 6) is 0.159. The van der Waals surface area contributed by atoms with Crippen molar-refractivity contribution in [2.45, 2.75) is 19.9 Å². The molecule has 0 bridgehead atoms. The number of amides is 1. The Morgan fingerprint density at radius 1 is 1.57 bits per heavy atom. The average molecular weight is 217 g/mol. The van der Waals surface area contributed by atoms with Crippen LogP contribution in [0.1, 0.15) is 13.8 Å². The Bertz CT molecular complexity index is 224. The summed E-state index contributed by atoms with van der Waals surface area (Å²) in [6, 6.07) is -0.789. The Kier molecular flexibility index (Phi) is 6.92. The molecule has 0 rings (SSSR count). The third-order valence-corrected chi connectivity index (χ3v) is 2.43. The normalized spacial score (nSPS) is 11.6. The maximum absolute atomic E-state index is 10.6. The fraction of sp³-hybridized carbons (Fsp3) is 0.556. The van der Waals surface area contributed by atoms with Crippen molar-refractivity contribution in [3.05, 3.63) is 11.6 Å². The van der Waals surface area contributed by atoms with Gasteiger partial charge in [0.05, 0.1) is 0 Å². The van der Waals surface area contributed by atoms with Gasteiger partial charge in [0.15, 0.2) is 0 Å². The molecule has 0 aliphatic heterocycles. The van der Waals surface area contributed by atoms with Gasteiger partial charge in [-0.3, -0.25) is 4.79 Å². The Balaban J connectivity index is 3.77. The predicted molar refractivity (Wildman–Crippen MR) is 57.4 cm³/mol. The quantitative estimate of drug-likeness (QED) is 0.377. The number of nitrogens with one attached hydrogen (secondary N) is 1. The fourth-order valence-corrected chi connectivity index (χ4v) is 1.75. The van der Waals surface area contributed by atoms with Crippen molar-refractivity contribution in [1.82, 2.24) is 5.32 Å². The number of carbonyl (C=O) groups is 2. The molecule has 0 aromatic carbocycles. The second-order valence-corrected chi connectivity index (χ2v) is 4.07. The molecule has 0 spiro atoms. The molecule has 0 aromatic rings. The van der Waals surface area contributed by atoms with E-state index in [1.807, 2.05) is 19.9 Å². The van der Waals surface area contributed by atoms with Gasteiger partial charge in [-0.15, -0.1) is 0 Å². The number of hydrogen-bond donors (Lipinski definition) is 2. The molecular formula is C9H15NO3S. The summed E-state index contributed by atoms with van der Waals surface area (Å²) in [6.07, 6.45) is 2.44. The second-order valence-electron chi connectivity index (χ2n) is 2.99. The number of carboxylic acid groups (broad SMARTS) is 1. The van der Waals surface area contributed by atoms with Crippen LogP contribution >= 0.6 is 11.8 Å². The van der Waals surface area contributed by atoms with Gasteiger partial charge in [0.1, 0.15) is 6.04 Å². The topological polar surface area (TPSA) is 66.4 Å². The predicted octanol–water partition coefficient (Wildman–Crippen LogP) is 0.885. The van der Waals surface area contributed by atoms with E-state index in [9.17, 15) is 9.59 Å². The molecule has 0 saturated heterocycles. The standard InChI is InChI=1S/C9H15NO3S/c1-7(2)3-4-14-5-8(9(12)13)10-6-11/h3,6,8H,4-5H2,1-2H3,(H,10,11)(H,12,13). The van der Waals surface area contributed by atoms with Crippen LogP contribution in [-0.4, -0.2) is 35.0 Å². The van der Waals surface area contributed by atoms with E-state index in [1.54, 1.807) is 0 Å². The highest BCUT2D eigenvalue weighted by atomic mass is 32.2. The molecule has 1 atom stereocenters. The van der Waals surface area contributed by atoms with E-state index in [-0.39, 0.29) is 0 Å². The van der Waals surface area contributed by atoms with Crippen LogP contribution in [0.4, 0.5) is 0 Å². The Morgan fingerprint density at radius 2 is 2.21 bits per heavy atom. The summed E-state index contributed by atoms with van der Waals surface area (Å²) in [5.41, 5.74) is 1.20. The molecule has 4 nitrogen and oxygen atoms in total. The zero-order valence-electron chi connectivity index (χ0n) is 8.32. The van der Waals surface area contributed by atoms with Gasteiger partial charge in [-0.05, 0) is 13.8 Å². The van der Waals surface area contributed by atoms with E-state index >= 15 is 0 Å². The van der Waals surface area contributed by atoms with Crippen molar-refractivity contribution in [3.63, 3.8) is 0 Å². The van der Waals surface area contributed by atoms with E-state index in [0.29, 0.717) is 12.2 Å². The van der Waals surface area contributed by atoms with Gasteiger partial charge in [0.2, 0.25) is 6.41 Å². The fourth-order valence-electron chi connectivity index (χ4n) is 0.684. The number of thioether (sulfide) groups is 1. The molecule has 0 aliphatic rings. The molecule has 80 valence electrons. The van der Waals surface area contributed by atoms with E-state index in [4.69, 9.17) is 5.11 Å². The number of carbonyl (C=O) groups excluding carboxylic acids is 1. The molecule has 5 heteroatoms. The first-order valence-corrected chi connectivity index (χ1v) is 5.37. The lowest BCUT2D eigenvalue weighted by Gasteiger charge is -2.09. The molecule has 0 radical (unpaired) electrons. The zero-order valence-corrected chi connectivity index (χ0v) is 9.13. The molecular weight excluding hydrogens is 202 g/mol. The summed E-state index contributed by atoms with van der Waals surface area (Å²) in [5, 5.41) is 10.9. The highest BCUT2D eigenvalue weighted by molar-refractivity contribution is 7.99. The third kappa shape index (κ3) is 6.54. The van der Waals surface area contributed by atoms with Crippen molar-refractivity contribution in [2.75, 3.05) is 11.5 Å². The molecule has 14 heavy (non-hydrogen) atoms. The minimum Gasteiger partial charge on any atom is -0.480 e. The van der Waals surface area contributed by atoms with Crippen molar-refractivity contribution in [1.29, 1.82) is 0 Å². The summed E-state index contributed by atoms with van der Waals surface area (Å²) < 4.78 is 0. The van der Waals surface area contributed by atoms with Gasteiger partial charge in [-0.25, -0.2) is 4.79 Å². The maximum Gasteiger partial charge on any atom is 0.327 e. The monoisotopic (exact) mass is 217 g/mol. The van der Waals surface area contributed by atoms with Crippen LogP contribution in [0.3, 0.4) is 0 Å². The SMILES string of the molecule is CC(C)=CCSCC(NC=O)C(=O)O. The molecule has 0 aliphatic carbocycles. The van der Waals surface area contributed by atoms with Crippen molar-refractivity contribution < 1.29 is 14.7 Å². The minimum atomic E-state index is -0.998. The maximum atomic E-state index is 10.6. The van der Waals surface area contributed by atoms with E-state index in [0.717, 1.165) is 5.75 Å². The molecule has 0 aromatic heterocycles. The lowest BCUT2D eigenvalue weighted by atomic mass is 10.3. The molecule has 1 unspecified atom stereocenters. The van der Waals surface area contributed by atoms with Crippen LogP contribution in [0.15, 0.2) is 11.6 Å². The summed E-state index contributed by atoms with van der Waals surface area (Å²) in [4.78, 5) is 20.6. The highest BCUT2D eigenvalue weighted by Crippen LogP contribution is 2.05. The molecule has 2 N–H and O–H groups in total. The number of rotatable bonds is 7. The number of aliphatic carboxylic acids is 1. The van der Waals surface area contributed by atoms with Gasteiger partial charge >= 0.3 is 5.97 Å². The Hall–Kier alpha value is -0.970. The zero-order chi connectivity index (χ0) is 11.0. The Labute approximate surface area is 87.8 Å². The molecule has 1 amide bonds. The second kappa shape index (κ2) is 7.44. The molecule has 0 saturated carbocycles. The molecule has 0 heterocycles. The largest absolute Gasteiger partial charge is 0.480 e. The molecule has 0 fully saturated rings. The van der Waals surface area contributed by atoms with Crippen molar-refractivity contribution >= 4 is 24.1 Å². The van der Waals surface area contributed by atoms with Crippen LogP contribution in [-0.2, 0) is 9.59 Å². The highest BCUT2D eigenvalue weighted by Gasteiger charge is 2.14. The van der Waals surface area contributed by atoms with Crippen molar-refractivity contribution in [2.24, 2.45) is 0 Å². The number of carboxylic acids is 1. The van der Waals surface area contributed by atoms with Gasteiger partial charge in [0, 0.05) is 11.5 Å². The van der Waals surface area contributed by atoms with Gasteiger partial charge in [-0.1, -0.05) is 11.6 Å². The van der Waals surface area contributed by atoms with Crippen LogP contribution in [0, 0.1) is 0 Å². The van der Waals surface area contributed by atoms with Crippen LogP contribution < -0.4 is 5.32 Å². The van der Waals surface area contributed by atoms with E-state index in [2.05, 4.69) is 5.32 Å². The number of hydrogen-bond acceptors (Lipinski definition) is 3. The first-order valence-electron chi connectivity index (χ1n) is 4.21. The smallest absolute Gasteiger partial charge is 0.327 e. The van der Waals surface area contributed by atoms with Gasteiger partial charge in [-0.2, -0.15) is 11.8 Å². The summed E-state index contributed by atoms with van der Waals surface area (Å²) >= 11 is 1.48. The van der Waals surface area contributed by atoms with Crippen molar-refractivity contribution in [3.8, 4) is 0 Å². The minimum absolute atomic E-state index is 0.387. The lowest BCUT2D eigenvalue weighted by molar-refractivity contribution is -0.139. The number of allylic oxidation sites excluding steroid dienone is 1. The third-order valence-electron chi connectivity index (χ3n) is 1.46. The van der Waals surface area contributed by atoms with Gasteiger partial charge in [0.25, 0.3) is 0 Å². The average Bonchev–Trinajstić information content (AvgIpc) is 2.09. The first-order chi connectivity index (χ1) is 6.57. The Morgan fingerprint density at radius 3 is 2.64 bits per heavy atom. The van der Waals surface area contributed by atoms with Crippen LogP contribution in [0.2, 0.25) is 0 Å². The van der Waals surface area contributed by atoms with Crippen LogP contribution in [0.5, 0.6) is 0 Å².